The van der Waals surface area contributed by atoms with Crippen LogP contribution in [0.1, 0.15) is 83.3 Å². The molecule has 2 unspecified atom stereocenters. The van der Waals surface area contributed by atoms with Gasteiger partial charge in [0.1, 0.15) is 17.9 Å². The largest absolute Gasteiger partial charge is 0.505 e. The van der Waals surface area contributed by atoms with Crippen LogP contribution in [-0.2, 0) is 20.9 Å². The normalized spacial score (nSPS) is 13.1. The van der Waals surface area contributed by atoms with Crippen molar-refractivity contribution < 1.29 is 19.4 Å². The summed E-state index contributed by atoms with van der Waals surface area (Å²) in [6, 6.07) is 5.87. The van der Waals surface area contributed by atoms with Crippen LogP contribution in [0.3, 0.4) is 0 Å². The molecule has 0 aliphatic carbocycles. The zero-order valence-electron chi connectivity index (χ0n) is 20.2. The number of ether oxygens (including phenoxy) is 2. The van der Waals surface area contributed by atoms with Crippen molar-refractivity contribution in [3.8, 4) is 5.75 Å². The molecule has 0 bridgehead atoms. The quantitative estimate of drug-likeness (QED) is 0.201. The topological polar surface area (TPSA) is 68.7 Å². The van der Waals surface area contributed by atoms with E-state index in [1.165, 1.54) is 25.7 Å². The Morgan fingerprint density at radius 1 is 1.22 bits per heavy atom. The summed E-state index contributed by atoms with van der Waals surface area (Å²) < 4.78 is 10.9. The molecule has 1 aromatic heterocycles. The summed E-state index contributed by atoms with van der Waals surface area (Å²) in [6.45, 7) is 12.7. The Balaban J connectivity index is 2.10. The van der Waals surface area contributed by atoms with Crippen molar-refractivity contribution >= 4 is 16.9 Å². The monoisotopic (exact) mass is 441 g/mol. The van der Waals surface area contributed by atoms with Crippen LogP contribution >= 0.6 is 0 Å². The van der Waals surface area contributed by atoms with Crippen molar-refractivity contribution in [2.75, 3.05) is 13.2 Å². The van der Waals surface area contributed by atoms with Gasteiger partial charge in [-0.3, -0.25) is 4.98 Å². The maximum absolute atomic E-state index is 11.5. The summed E-state index contributed by atoms with van der Waals surface area (Å²) >= 11 is 0. The smallest absolute Gasteiger partial charge is 0.333 e. The Morgan fingerprint density at radius 3 is 2.69 bits per heavy atom. The first-order chi connectivity index (χ1) is 15.4. The van der Waals surface area contributed by atoms with E-state index in [4.69, 9.17) is 9.47 Å². The van der Waals surface area contributed by atoms with Crippen molar-refractivity contribution in [1.29, 1.82) is 0 Å². The minimum Gasteiger partial charge on any atom is -0.505 e. The average Bonchev–Trinajstić information content (AvgIpc) is 2.80. The number of fused-ring (bicyclic) bond motifs is 1. The molecule has 5 nitrogen and oxygen atoms in total. The van der Waals surface area contributed by atoms with Gasteiger partial charge in [0, 0.05) is 17.2 Å². The molecule has 0 saturated carbocycles. The maximum atomic E-state index is 11.5. The van der Waals surface area contributed by atoms with E-state index in [9.17, 15) is 9.90 Å². The molecular formula is C27H39NO4. The third kappa shape index (κ3) is 7.33. The van der Waals surface area contributed by atoms with Gasteiger partial charge >= 0.3 is 5.97 Å². The fourth-order valence-corrected chi connectivity index (χ4v) is 4.00. The summed E-state index contributed by atoms with van der Waals surface area (Å²) in [5, 5.41) is 11.8. The van der Waals surface area contributed by atoms with E-state index in [1.54, 1.807) is 13.1 Å². The number of hydrogen-bond donors (Lipinski definition) is 1. The number of aromatic hydroxyl groups is 1. The lowest BCUT2D eigenvalue weighted by molar-refractivity contribution is -0.140. The number of carbonyl (C=O) groups excluding carboxylic acids is 1. The Kier molecular flexibility index (Phi) is 10.7. The molecule has 176 valence electrons. The van der Waals surface area contributed by atoms with Gasteiger partial charge < -0.3 is 14.6 Å². The lowest BCUT2D eigenvalue weighted by Gasteiger charge is -2.20. The van der Waals surface area contributed by atoms with Crippen LogP contribution in [0.5, 0.6) is 5.75 Å². The number of nitrogens with zero attached hydrogens (tertiary/aromatic N) is 1. The number of benzene rings is 1. The maximum Gasteiger partial charge on any atom is 0.333 e. The number of carbonyl (C=O) groups is 1. The highest BCUT2D eigenvalue weighted by Crippen LogP contribution is 2.37. The van der Waals surface area contributed by atoms with E-state index < -0.39 is 5.97 Å². The molecule has 0 fully saturated rings. The SMILES string of the molecule is C=C(C)C(=O)OCCOCc1cc(C(C)CCC(CC)CCCC)c(O)c2ncccc12. The van der Waals surface area contributed by atoms with Gasteiger partial charge in [0.15, 0.2) is 0 Å². The number of phenolic OH excluding ortho intramolecular Hbond substituents is 1. The van der Waals surface area contributed by atoms with E-state index in [0.717, 1.165) is 35.3 Å². The van der Waals surface area contributed by atoms with Gasteiger partial charge in [-0.15, -0.1) is 0 Å². The molecule has 1 heterocycles. The third-order valence-electron chi connectivity index (χ3n) is 6.13. The second kappa shape index (κ2) is 13.2. The average molecular weight is 442 g/mol. The third-order valence-corrected chi connectivity index (χ3v) is 6.13. The van der Waals surface area contributed by atoms with Crippen molar-refractivity contribution in [2.24, 2.45) is 5.92 Å². The first-order valence-electron chi connectivity index (χ1n) is 11.9. The number of rotatable bonds is 14. The highest BCUT2D eigenvalue weighted by atomic mass is 16.6. The molecule has 1 N–H and O–H groups in total. The van der Waals surface area contributed by atoms with Gasteiger partial charge in [-0.2, -0.15) is 0 Å². The van der Waals surface area contributed by atoms with Crippen molar-refractivity contribution in [2.45, 2.75) is 78.7 Å². The predicted molar refractivity (Wildman–Crippen MR) is 130 cm³/mol. The molecule has 2 atom stereocenters. The summed E-state index contributed by atoms with van der Waals surface area (Å²) in [7, 11) is 0. The zero-order valence-corrected chi connectivity index (χ0v) is 20.2. The zero-order chi connectivity index (χ0) is 23.5. The Bertz CT molecular complexity index is 893. The number of hydrogen-bond acceptors (Lipinski definition) is 5. The molecule has 5 heteroatoms. The number of pyridine rings is 1. The van der Waals surface area contributed by atoms with Crippen LogP contribution in [0.15, 0.2) is 36.5 Å². The van der Waals surface area contributed by atoms with Crippen molar-refractivity contribution in [3.63, 3.8) is 0 Å². The fraction of sp³-hybridized carbons (Fsp3) is 0.556. The lowest BCUT2D eigenvalue weighted by Crippen LogP contribution is -2.11. The number of unbranched alkanes of at least 4 members (excludes halogenated alkanes) is 1. The molecule has 2 aromatic rings. The first-order valence-corrected chi connectivity index (χ1v) is 11.9. The van der Waals surface area contributed by atoms with Crippen LogP contribution in [-0.4, -0.2) is 29.3 Å². The van der Waals surface area contributed by atoms with Crippen molar-refractivity contribution in [3.05, 3.63) is 47.7 Å². The highest BCUT2D eigenvalue weighted by molar-refractivity contribution is 5.88. The van der Waals surface area contributed by atoms with Gasteiger partial charge in [-0.1, -0.05) is 59.1 Å². The molecule has 0 spiro atoms. The van der Waals surface area contributed by atoms with E-state index in [2.05, 4.69) is 38.4 Å². The van der Waals surface area contributed by atoms with E-state index in [1.807, 2.05) is 12.1 Å². The molecule has 0 radical (unpaired) electrons. The lowest BCUT2D eigenvalue weighted by atomic mass is 9.86. The van der Waals surface area contributed by atoms with E-state index in [-0.39, 0.29) is 18.3 Å². The number of phenols is 1. The molecule has 0 aliphatic heterocycles. The van der Waals surface area contributed by atoms with Gasteiger partial charge in [-0.25, -0.2) is 4.79 Å². The molecule has 32 heavy (non-hydrogen) atoms. The minimum atomic E-state index is -0.409. The first kappa shape index (κ1) is 25.9. The van der Waals surface area contributed by atoms with E-state index in [0.29, 0.717) is 24.3 Å². The van der Waals surface area contributed by atoms with Crippen LogP contribution in [0.2, 0.25) is 0 Å². The molecule has 0 saturated heterocycles. The Hall–Kier alpha value is -2.40. The second-order valence-corrected chi connectivity index (χ2v) is 8.74. The van der Waals surface area contributed by atoms with Gasteiger partial charge in [0.25, 0.3) is 0 Å². The second-order valence-electron chi connectivity index (χ2n) is 8.74. The summed E-state index contributed by atoms with van der Waals surface area (Å²) in [5.74, 6) is 0.831. The molecule has 1 aromatic carbocycles. The van der Waals surface area contributed by atoms with Crippen LogP contribution in [0, 0.1) is 5.92 Å². The number of esters is 1. The Morgan fingerprint density at radius 2 is 2.00 bits per heavy atom. The van der Waals surface area contributed by atoms with Crippen molar-refractivity contribution in [1.82, 2.24) is 4.98 Å². The number of aromatic nitrogens is 1. The highest BCUT2D eigenvalue weighted by Gasteiger charge is 2.18. The summed E-state index contributed by atoms with van der Waals surface area (Å²) in [6.07, 6.45) is 8.89. The van der Waals surface area contributed by atoms with Crippen LogP contribution < -0.4 is 0 Å². The van der Waals surface area contributed by atoms with Gasteiger partial charge in [-0.05, 0) is 54.9 Å². The summed E-state index contributed by atoms with van der Waals surface area (Å²) in [5.41, 5.74) is 2.90. The molecule has 0 aliphatic rings. The van der Waals surface area contributed by atoms with Gasteiger partial charge in [0.05, 0.1) is 13.2 Å². The standard InChI is InChI=1S/C27H39NO4/c1-6-8-10-21(7-2)13-12-20(5)24-17-22(18-31-15-16-32-27(30)19(3)4)23-11-9-14-28-25(23)26(24)29/h9,11,14,17,20-21,29H,3,6-8,10,12-13,15-16,18H2,1-2,4-5H3. The predicted octanol–water partition coefficient (Wildman–Crippen LogP) is 6.68. The summed E-state index contributed by atoms with van der Waals surface area (Å²) in [4.78, 5) is 15.9. The van der Waals surface area contributed by atoms with E-state index >= 15 is 0 Å². The van der Waals surface area contributed by atoms with Gasteiger partial charge in [0.2, 0.25) is 0 Å². The molecule has 2 rings (SSSR count). The van der Waals surface area contributed by atoms with Crippen LogP contribution in [0.4, 0.5) is 0 Å². The molecular weight excluding hydrogens is 402 g/mol. The minimum absolute atomic E-state index is 0.180. The molecule has 0 amide bonds. The Labute approximate surface area is 192 Å². The van der Waals surface area contributed by atoms with Crippen LogP contribution in [0.25, 0.3) is 10.9 Å². The fourth-order valence-electron chi connectivity index (χ4n) is 4.00.